The van der Waals surface area contributed by atoms with Gasteiger partial charge in [0.05, 0.1) is 23.6 Å². The second kappa shape index (κ2) is 6.58. The molecule has 2 atom stereocenters. The molecule has 5 nitrogen and oxygen atoms in total. The van der Waals surface area contributed by atoms with Gasteiger partial charge in [-0.05, 0) is 31.5 Å². The highest BCUT2D eigenvalue weighted by molar-refractivity contribution is 5.77. The molecular formula is C17H23N3O2. The van der Waals surface area contributed by atoms with Crippen LogP contribution in [0.4, 0.5) is 0 Å². The first-order valence-corrected chi connectivity index (χ1v) is 8.09. The molecule has 1 aromatic carbocycles. The van der Waals surface area contributed by atoms with E-state index >= 15 is 0 Å². The van der Waals surface area contributed by atoms with Crippen molar-refractivity contribution in [3.05, 3.63) is 40.4 Å². The number of aliphatic hydroxyl groups is 1. The molecule has 0 spiro atoms. The Bertz CT molecular complexity index is 698. The summed E-state index contributed by atoms with van der Waals surface area (Å²) < 4.78 is 0. The van der Waals surface area contributed by atoms with Crippen LogP contribution in [0, 0.1) is 0 Å². The molecule has 1 aliphatic rings. The second-order valence-electron chi connectivity index (χ2n) is 6.01. The number of aromatic nitrogens is 2. The molecule has 3 rings (SSSR count). The predicted molar refractivity (Wildman–Crippen MR) is 86.7 cm³/mol. The minimum absolute atomic E-state index is 0.0964. The molecule has 0 amide bonds. The maximum absolute atomic E-state index is 12.1. The fraction of sp³-hybridized carbons (Fsp3) is 0.529. The third-order valence-electron chi connectivity index (χ3n) is 4.58. The van der Waals surface area contributed by atoms with Crippen molar-refractivity contribution in [2.24, 2.45) is 0 Å². The maximum Gasteiger partial charge on any atom is 0.258 e. The molecule has 1 aliphatic carbocycles. The molecule has 2 N–H and O–H groups in total. The van der Waals surface area contributed by atoms with E-state index in [4.69, 9.17) is 0 Å². The molecule has 5 heteroatoms. The lowest BCUT2D eigenvalue weighted by Crippen LogP contribution is -2.45. The Labute approximate surface area is 130 Å². The molecule has 118 valence electrons. The van der Waals surface area contributed by atoms with Crippen LogP contribution in [0.2, 0.25) is 0 Å². The zero-order chi connectivity index (χ0) is 15.5. The molecule has 0 bridgehead atoms. The summed E-state index contributed by atoms with van der Waals surface area (Å²) in [6.07, 6.45) is 3.84. The molecule has 1 fully saturated rings. The number of nitrogens with one attached hydrogen (secondary N) is 1. The Hall–Kier alpha value is -1.72. The van der Waals surface area contributed by atoms with Gasteiger partial charge in [-0.25, -0.2) is 4.98 Å². The molecule has 1 saturated carbocycles. The number of H-pyrrole nitrogens is 1. The van der Waals surface area contributed by atoms with E-state index in [0.29, 0.717) is 17.8 Å². The van der Waals surface area contributed by atoms with Crippen molar-refractivity contribution in [2.45, 2.75) is 51.3 Å². The zero-order valence-electron chi connectivity index (χ0n) is 13.0. The highest BCUT2D eigenvalue weighted by Crippen LogP contribution is 2.24. The van der Waals surface area contributed by atoms with Gasteiger partial charge in [0.25, 0.3) is 5.56 Å². The molecule has 0 saturated heterocycles. The van der Waals surface area contributed by atoms with Crippen molar-refractivity contribution in [3.8, 4) is 0 Å². The van der Waals surface area contributed by atoms with E-state index in [9.17, 15) is 9.90 Å². The molecule has 1 aromatic heterocycles. The highest BCUT2D eigenvalue weighted by Gasteiger charge is 2.28. The normalized spacial score (nSPS) is 22.3. The summed E-state index contributed by atoms with van der Waals surface area (Å²) in [5.41, 5.74) is 0.627. The monoisotopic (exact) mass is 301 g/mol. The zero-order valence-corrected chi connectivity index (χ0v) is 13.0. The Kier molecular flexibility index (Phi) is 4.55. The first-order valence-electron chi connectivity index (χ1n) is 8.09. The molecule has 2 aromatic rings. The summed E-state index contributed by atoms with van der Waals surface area (Å²) >= 11 is 0. The van der Waals surface area contributed by atoms with E-state index in [1.54, 1.807) is 6.07 Å². The standard InChI is InChI=1S/C17H23N3O2/c1-2-20(14-9-5-6-10-15(14)21)11-16-18-13-8-4-3-7-12(13)17(22)19-16/h3-4,7-8,14-15,21H,2,5-6,9-11H2,1H3,(H,18,19,22). The van der Waals surface area contributed by atoms with Gasteiger partial charge in [0.2, 0.25) is 0 Å². The minimum atomic E-state index is -0.277. The molecule has 0 aliphatic heterocycles. The Balaban J connectivity index is 1.85. The average molecular weight is 301 g/mol. The van der Waals surface area contributed by atoms with E-state index < -0.39 is 0 Å². The molecule has 1 heterocycles. The topological polar surface area (TPSA) is 69.2 Å². The summed E-state index contributed by atoms with van der Waals surface area (Å²) in [5.74, 6) is 0.670. The highest BCUT2D eigenvalue weighted by atomic mass is 16.3. The van der Waals surface area contributed by atoms with Crippen LogP contribution in [-0.4, -0.2) is 38.7 Å². The van der Waals surface area contributed by atoms with Gasteiger partial charge in [0, 0.05) is 6.04 Å². The number of aliphatic hydroxyl groups excluding tert-OH is 1. The Morgan fingerprint density at radius 2 is 2.09 bits per heavy atom. The van der Waals surface area contributed by atoms with Gasteiger partial charge in [0.15, 0.2) is 0 Å². The summed E-state index contributed by atoms with van der Waals surface area (Å²) in [7, 11) is 0. The Morgan fingerprint density at radius 1 is 1.32 bits per heavy atom. The maximum atomic E-state index is 12.1. The SMILES string of the molecule is CCN(Cc1nc2ccccc2c(=O)[nH]1)C1CCCCC1O. The number of aromatic amines is 1. The van der Waals surface area contributed by atoms with Crippen LogP contribution < -0.4 is 5.56 Å². The molecule has 22 heavy (non-hydrogen) atoms. The van der Waals surface area contributed by atoms with Gasteiger partial charge in [-0.2, -0.15) is 0 Å². The minimum Gasteiger partial charge on any atom is -0.391 e. The summed E-state index contributed by atoms with van der Waals surface area (Å²) in [4.78, 5) is 21.8. The quantitative estimate of drug-likeness (QED) is 0.907. The van der Waals surface area contributed by atoms with Gasteiger partial charge in [0.1, 0.15) is 5.82 Å². The third-order valence-corrected chi connectivity index (χ3v) is 4.58. The van der Waals surface area contributed by atoms with Crippen LogP contribution in [0.5, 0.6) is 0 Å². The number of rotatable bonds is 4. The summed E-state index contributed by atoms with van der Waals surface area (Å²) in [6, 6.07) is 7.54. The van der Waals surface area contributed by atoms with Crippen molar-refractivity contribution >= 4 is 10.9 Å². The fourth-order valence-electron chi connectivity index (χ4n) is 3.38. The van der Waals surface area contributed by atoms with Crippen molar-refractivity contribution < 1.29 is 5.11 Å². The van der Waals surface area contributed by atoms with Crippen LogP contribution in [-0.2, 0) is 6.54 Å². The van der Waals surface area contributed by atoms with Gasteiger partial charge in [-0.3, -0.25) is 9.69 Å². The first-order chi connectivity index (χ1) is 10.7. The van der Waals surface area contributed by atoms with Gasteiger partial charge < -0.3 is 10.1 Å². The molecule has 2 unspecified atom stereocenters. The smallest absolute Gasteiger partial charge is 0.258 e. The van der Waals surface area contributed by atoms with Crippen LogP contribution in [0.3, 0.4) is 0 Å². The van der Waals surface area contributed by atoms with Crippen molar-refractivity contribution in [3.63, 3.8) is 0 Å². The van der Waals surface area contributed by atoms with Crippen molar-refractivity contribution in [1.82, 2.24) is 14.9 Å². The van der Waals surface area contributed by atoms with E-state index in [0.717, 1.165) is 37.7 Å². The van der Waals surface area contributed by atoms with E-state index in [2.05, 4.69) is 21.8 Å². The van der Waals surface area contributed by atoms with Gasteiger partial charge >= 0.3 is 0 Å². The predicted octanol–water partition coefficient (Wildman–Crippen LogP) is 2.05. The lowest BCUT2D eigenvalue weighted by molar-refractivity contribution is 0.0171. The van der Waals surface area contributed by atoms with Gasteiger partial charge in [-0.15, -0.1) is 0 Å². The van der Waals surface area contributed by atoms with Crippen LogP contribution in [0.1, 0.15) is 38.4 Å². The largest absolute Gasteiger partial charge is 0.391 e. The fourth-order valence-corrected chi connectivity index (χ4v) is 3.38. The van der Waals surface area contributed by atoms with Gasteiger partial charge in [-0.1, -0.05) is 31.9 Å². The van der Waals surface area contributed by atoms with E-state index in [-0.39, 0.29) is 17.7 Å². The number of hydrogen-bond donors (Lipinski definition) is 2. The summed E-state index contributed by atoms with van der Waals surface area (Å²) in [5, 5.41) is 10.9. The Morgan fingerprint density at radius 3 is 2.86 bits per heavy atom. The van der Waals surface area contributed by atoms with Crippen LogP contribution in [0.25, 0.3) is 10.9 Å². The number of hydrogen-bond acceptors (Lipinski definition) is 4. The lowest BCUT2D eigenvalue weighted by Gasteiger charge is -2.36. The van der Waals surface area contributed by atoms with E-state index in [1.165, 1.54) is 0 Å². The molecule has 0 radical (unpaired) electrons. The number of benzene rings is 1. The lowest BCUT2D eigenvalue weighted by atomic mass is 9.91. The van der Waals surface area contributed by atoms with Crippen molar-refractivity contribution in [1.29, 1.82) is 0 Å². The number of likely N-dealkylation sites (N-methyl/N-ethyl adjacent to an activating group) is 1. The average Bonchev–Trinajstić information content (AvgIpc) is 2.53. The number of nitrogens with zero attached hydrogens (tertiary/aromatic N) is 2. The summed E-state index contributed by atoms with van der Waals surface area (Å²) in [6.45, 7) is 3.48. The van der Waals surface area contributed by atoms with E-state index in [1.807, 2.05) is 18.2 Å². The first kappa shape index (κ1) is 15.2. The number of para-hydroxylation sites is 1. The molecular weight excluding hydrogens is 278 g/mol. The number of fused-ring (bicyclic) bond motifs is 1. The van der Waals surface area contributed by atoms with Crippen LogP contribution >= 0.6 is 0 Å². The van der Waals surface area contributed by atoms with Crippen molar-refractivity contribution in [2.75, 3.05) is 6.54 Å². The second-order valence-corrected chi connectivity index (χ2v) is 6.01. The third kappa shape index (κ3) is 3.05. The van der Waals surface area contributed by atoms with Crippen LogP contribution in [0.15, 0.2) is 29.1 Å².